The molecule has 1 atom stereocenters. The quantitative estimate of drug-likeness (QED) is 0.532. The summed E-state index contributed by atoms with van der Waals surface area (Å²) >= 11 is 3.43. The van der Waals surface area contributed by atoms with E-state index >= 15 is 0 Å². The molecule has 0 aromatic rings. The van der Waals surface area contributed by atoms with Crippen molar-refractivity contribution in [3.63, 3.8) is 0 Å². The van der Waals surface area contributed by atoms with Crippen LogP contribution in [0, 0.1) is 0 Å². The molecule has 0 amide bonds. The number of hydrogen-bond acceptors (Lipinski definition) is 1. The summed E-state index contributed by atoms with van der Waals surface area (Å²) in [4.78, 5) is 0. The van der Waals surface area contributed by atoms with Crippen molar-refractivity contribution < 1.29 is 4.74 Å². The van der Waals surface area contributed by atoms with Crippen molar-refractivity contribution in [1.82, 2.24) is 0 Å². The van der Waals surface area contributed by atoms with Crippen molar-refractivity contribution in [2.45, 2.75) is 45.1 Å². The number of rotatable bonds is 5. The summed E-state index contributed by atoms with van der Waals surface area (Å²) in [6.45, 7) is 3.20. The molecule has 1 nitrogen and oxygen atoms in total. The van der Waals surface area contributed by atoms with Gasteiger partial charge in [-0.15, -0.1) is 0 Å². The van der Waals surface area contributed by atoms with Gasteiger partial charge in [0.2, 0.25) is 0 Å². The van der Waals surface area contributed by atoms with E-state index in [-0.39, 0.29) is 0 Å². The topological polar surface area (TPSA) is 9.23 Å². The average Bonchev–Trinajstić information content (AvgIpc) is 2.64. The molecule has 1 fully saturated rings. The second-order valence-electron chi connectivity index (χ2n) is 3.70. The third kappa shape index (κ3) is 4.82. The van der Waals surface area contributed by atoms with Gasteiger partial charge < -0.3 is 4.74 Å². The fraction of sp³-hybridized carbons (Fsp3) is 0.818. The van der Waals surface area contributed by atoms with E-state index in [9.17, 15) is 0 Å². The summed E-state index contributed by atoms with van der Waals surface area (Å²) in [5.41, 5.74) is 1.51. The van der Waals surface area contributed by atoms with Gasteiger partial charge in [0.1, 0.15) is 0 Å². The monoisotopic (exact) mass is 246 g/mol. The molecule has 1 rings (SSSR count). The van der Waals surface area contributed by atoms with E-state index in [2.05, 4.69) is 28.9 Å². The first-order valence-corrected chi connectivity index (χ1v) is 6.28. The van der Waals surface area contributed by atoms with Crippen LogP contribution in [-0.4, -0.2) is 18.0 Å². The molecule has 0 aromatic heterocycles. The molecule has 0 aromatic carbocycles. The lowest BCUT2D eigenvalue weighted by Crippen LogP contribution is -2.04. The molecular weight excluding hydrogens is 228 g/mol. The highest BCUT2D eigenvalue weighted by molar-refractivity contribution is 9.09. The molecule has 0 saturated carbocycles. The van der Waals surface area contributed by atoms with Gasteiger partial charge in [0.05, 0.1) is 6.10 Å². The van der Waals surface area contributed by atoms with Crippen molar-refractivity contribution in [1.29, 1.82) is 0 Å². The van der Waals surface area contributed by atoms with Crippen LogP contribution in [0.25, 0.3) is 0 Å². The van der Waals surface area contributed by atoms with Crippen molar-refractivity contribution in [3.05, 3.63) is 11.6 Å². The van der Waals surface area contributed by atoms with Crippen LogP contribution >= 0.6 is 15.9 Å². The normalized spacial score (nSPS) is 23.8. The molecule has 13 heavy (non-hydrogen) atoms. The number of hydrogen-bond donors (Lipinski definition) is 0. The van der Waals surface area contributed by atoms with Gasteiger partial charge >= 0.3 is 0 Å². The summed E-state index contributed by atoms with van der Waals surface area (Å²) in [5, 5.41) is 1.07. The summed E-state index contributed by atoms with van der Waals surface area (Å²) < 4.78 is 5.57. The van der Waals surface area contributed by atoms with Crippen LogP contribution in [0.15, 0.2) is 11.6 Å². The Morgan fingerprint density at radius 2 is 2.46 bits per heavy atom. The smallest absolute Gasteiger partial charge is 0.0579 e. The van der Waals surface area contributed by atoms with Gasteiger partial charge in [-0.1, -0.05) is 27.6 Å². The zero-order valence-corrected chi connectivity index (χ0v) is 9.98. The molecule has 76 valence electrons. The van der Waals surface area contributed by atoms with Crippen molar-refractivity contribution >= 4 is 15.9 Å². The van der Waals surface area contributed by atoms with E-state index < -0.39 is 0 Å². The molecule has 1 saturated heterocycles. The van der Waals surface area contributed by atoms with Crippen LogP contribution in [-0.2, 0) is 4.74 Å². The second kappa shape index (κ2) is 6.61. The molecule has 2 heteroatoms. The zero-order chi connectivity index (χ0) is 9.52. The molecule has 0 bridgehead atoms. The molecule has 1 aliphatic rings. The molecule has 0 spiro atoms. The first-order chi connectivity index (χ1) is 6.33. The molecule has 1 aliphatic heterocycles. The van der Waals surface area contributed by atoms with E-state index in [0.29, 0.717) is 6.10 Å². The predicted molar refractivity (Wildman–Crippen MR) is 60.4 cm³/mol. The summed E-state index contributed by atoms with van der Waals surface area (Å²) in [7, 11) is 0. The minimum Gasteiger partial charge on any atom is -0.378 e. The Morgan fingerprint density at radius 3 is 3.08 bits per heavy atom. The Morgan fingerprint density at radius 1 is 1.62 bits per heavy atom. The third-order valence-electron chi connectivity index (χ3n) is 2.49. The lowest BCUT2D eigenvalue weighted by molar-refractivity contribution is 0.104. The minimum absolute atomic E-state index is 0.548. The number of allylic oxidation sites excluding steroid dienone is 2. The average molecular weight is 247 g/mol. The van der Waals surface area contributed by atoms with Crippen LogP contribution < -0.4 is 0 Å². The van der Waals surface area contributed by atoms with Crippen molar-refractivity contribution in [2.75, 3.05) is 11.9 Å². The van der Waals surface area contributed by atoms with Gasteiger partial charge in [-0.05, 0) is 39.0 Å². The van der Waals surface area contributed by atoms with E-state index in [0.717, 1.165) is 18.4 Å². The van der Waals surface area contributed by atoms with Crippen LogP contribution in [0.4, 0.5) is 0 Å². The van der Waals surface area contributed by atoms with E-state index in [1.54, 1.807) is 0 Å². The Kier molecular flexibility index (Phi) is 5.72. The first-order valence-electron chi connectivity index (χ1n) is 5.16. The fourth-order valence-corrected chi connectivity index (χ4v) is 1.89. The lowest BCUT2D eigenvalue weighted by Gasteiger charge is -2.08. The van der Waals surface area contributed by atoms with Crippen molar-refractivity contribution in [3.8, 4) is 0 Å². The highest BCUT2D eigenvalue weighted by Crippen LogP contribution is 2.19. The maximum absolute atomic E-state index is 5.57. The first kappa shape index (κ1) is 11.3. The summed E-state index contributed by atoms with van der Waals surface area (Å²) in [6, 6.07) is 0. The Balaban J connectivity index is 2.09. The third-order valence-corrected chi connectivity index (χ3v) is 2.94. The van der Waals surface area contributed by atoms with Crippen LogP contribution in [0.2, 0.25) is 0 Å². The van der Waals surface area contributed by atoms with Gasteiger partial charge in [-0.25, -0.2) is 0 Å². The predicted octanol–water partition coefficient (Wildman–Crippen LogP) is 3.68. The van der Waals surface area contributed by atoms with Gasteiger partial charge in [0.15, 0.2) is 0 Å². The minimum atomic E-state index is 0.548. The molecule has 0 radical (unpaired) electrons. The molecular formula is C11H19BrO. The standard InChI is InChI=1S/C11H19BrO/c1-10(4-2-8-12)6-7-11-5-3-9-13-11/h4,11H,2-3,5-9H2,1H3. The van der Waals surface area contributed by atoms with E-state index in [1.807, 2.05) is 0 Å². The van der Waals surface area contributed by atoms with Crippen LogP contribution in [0.5, 0.6) is 0 Å². The molecule has 0 N–H and O–H groups in total. The Labute approximate surface area is 89.7 Å². The summed E-state index contributed by atoms with van der Waals surface area (Å²) in [5.74, 6) is 0. The Hall–Kier alpha value is 0.180. The SMILES string of the molecule is CC(=CCCBr)CCC1CCCO1. The highest BCUT2D eigenvalue weighted by Gasteiger charge is 2.14. The molecule has 1 unspecified atom stereocenters. The lowest BCUT2D eigenvalue weighted by atomic mass is 10.1. The number of ether oxygens (including phenoxy) is 1. The van der Waals surface area contributed by atoms with Crippen LogP contribution in [0.3, 0.4) is 0 Å². The van der Waals surface area contributed by atoms with Gasteiger partial charge in [0.25, 0.3) is 0 Å². The largest absolute Gasteiger partial charge is 0.378 e. The number of halogens is 1. The zero-order valence-electron chi connectivity index (χ0n) is 8.39. The maximum Gasteiger partial charge on any atom is 0.0579 e. The van der Waals surface area contributed by atoms with Crippen LogP contribution in [0.1, 0.15) is 39.0 Å². The maximum atomic E-state index is 5.57. The van der Waals surface area contributed by atoms with E-state index in [4.69, 9.17) is 4.74 Å². The number of alkyl halides is 1. The highest BCUT2D eigenvalue weighted by atomic mass is 79.9. The van der Waals surface area contributed by atoms with Crippen molar-refractivity contribution in [2.24, 2.45) is 0 Å². The van der Waals surface area contributed by atoms with Gasteiger partial charge in [-0.3, -0.25) is 0 Å². The Bertz CT molecular complexity index is 159. The van der Waals surface area contributed by atoms with E-state index in [1.165, 1.54) is 31.3 Å². The van der Waals surface area contributed by atoms with Gasteiger partial charge in [0, 0.05) is 11.9 Å². The molecule has 1 heterocycles. The molecule has 0 aliphatic carbocycles. The van der Waals surface area contributed by atoms with Gasteiger partial charge in [-0.2, -0.15) is 0 Å². The summed E-state index contributed by atoms with van der Waals surface area (Å²) in [6.07, 6.45) is 8.97. The second-order valence-corrected chi connectivity index (χ2v) is 4.49. The fourth-order valence-electron chi connectivity index (χ4n) is 1.66.